The summed E-state index contributed by atoms with van der Waals surface area (Å²) in [7, 11) is 0. The predicted octanol–water partition coefficient (Wildman–Crippen LogP) is 1.84. The molecule has 0 aliphatic carbocycles. The fourth-order valence-electron chi connectivity index (χ4n) is 3.23. The average molecular weight is 426 g/mol. The first-order valence-corrected chi connectivity index (χ1v) is 10.2. The number of amides is 2. The van der Waals surface area contributed by atoms with Gasteiger partial charge in [0.25, 0.3) is 5.91 Å². The molecule has 1 heterocycles. The molecule has 9 nitrogen and oxygen atoms in total. The Bertz CT molecular complexity index is 1120. The molecule has 31 heavy (non-hydrogen) atoms. The largest absolute Gasteiger partial charge is 0.490 e. The molecule has 164 valence electrons. The van der Waals surface area contributed by atoms with E-state index < -0.39 is 11.8 Å². The van der Waals surface area contributed by atoms with Gasteiger partial charge in [-0.15, -0.1) is 0 Å². The van der Waals surface area contributed by atoms with Gasteiger partial charge in [-0.2, -0.15) is 0 Å². The number of nitrogens with one attached hydrogen (secondary N) is 2. The van der Waals surface area contributed by atoms with Crippen molar-refractivity contribution >= 4 is 22.8 Å². The van der Waals surface area contributed by atoms with E-state index in [0.29, 0.717) is 24.7 Å². The zero-order valence-electron chi connectivity index (χ0n) is 17.6. The summed E-state index contributed by atoms with van der Waals surface area (Å²) >= 11 is 0. The highest BCUT2D eigenvalue weighted by atomic mass is 16.5. The lowest BCUT2D eigenvalue weighted by molar-refractivity contribution is -0.130. The van der Waals surface area contributed by atoms with Crippen molar-refractivity contribution in [2.75, 3.05) is 13.2 Å². The molecular formula is C22H26N4O5. The Kier molecular flexibility index (Phi) is 7.31. The van der Waals surface area contributed by atoms with Gasteiger partial charge in [0.1, 0.15) is 0 Å². The van der Waals surface area contributed by atoms with Crippen molar-refractivity contribution in [2.24, 2.45) is 0 Å². The second kappa shape index (κ2) is 10.3. The van der Waals surface area contributed by atoms with Gasteiger partial charge < -0.3 is 9.47 Å². The van der Waals surface area contributed by atoms with E-state index in [1.54, 1.807) is 33.4 Å². The molecule has 9 heteroatoms. The summed E-state index contributed by atoms with van der Waals surface area (Å²) in [5.74, 6) is 0.0544. The van der Waals surface area contributed by atoms with Crippen LogP contribution in [-0.2, 0) is 22.7 Å². The topological polar surface area (TPSA) is 104 Å². The van der Waals surface area contributed by atoms with Crippen molar-refractivity contribution in [2.45, 2.75) is 33.4 Å². The van der Waals surface area contributed by atoms with Gasteiger partial charge in [-0.1, -0.05) is 24.3 Å². The molecule has 0 aliphatic rings. The molecule has 0 spiro atoms. The minimum Gasteiger partial charge on any atom is -0.490 e. The number of carbonyl (C=O) groups excluding carboxylic acids is 2. The number of carbonyl (C=O) groups is 2. The number of hydrazine groups is 1. The molecule has 3 rings (SSSR count). The van der Waals surface area contributed by atoms with Crippen LogP contribution >= 0.6 is 0 Å². The van der Waals surface area contributed by atoms with Gasteiger partial charge in [0.15, 0.2) is 18.1 Å². The van der Waals surface area contributed by atoms with Gasteiger partial charge in [0, 0.05) is 19.5 Å². The molecule has 0 fully saturated rings. The highest BCUT2D eigenvalue weighted by Gasteiger charge is 2.13. The first-order valence-electron chi connectivity index (χ1n) is 10.2. The molecule has 0 radical (unpaired) electrons. The molecule has 1 aromatic heterocycles. The van der Waals surface area contributed by atoms with Gasteiger partial charge in [0.05, 0.1) is 17.6 Å². The fraction of sp³-hybridized carbons (Fsp3) is 0.318. The van der Waals surface area contributed by atoms with Crippen molar-refractivity contribution < 1.29 is 19.1 Å². The monoisotopic (exact) mass is 426 g/mol. The molecule has 0 saturated carbocycles. The third-order valence-electron chi connectivity index (χ3n) is 4.65. The van der Waals surface area contributed by atoms with Crippen molar-refractivity contribution in [3.8, 4) is 11.5 Å². The highest BCUT2D eigenvalue weighted by Crippen LogP contribution is 2.26. The molecule has 0 aliphatic heterocycles. The maximum Gasteiger partial charge on any atom is 0.329 e. The number of imidazole rings is 1. The number of benzene rings is 2. The van der Waals surface area contributed by atoms with Crippen LogP contribution in [-0.4, -0.2) is 34.2 Å². The number of aryl methyl sites for hydroxylation is 2. The highest BCUT2D eigenvalue weighted by molar-refractivity contribution is 5.83. The number of fused-ring (bicyclic) bond motifs is 1. The van der Waals surface area contributed by atoms with E-state index in [9.17, 15) is 14.4 Å². The zero-order valence-corrected chi connectivity index (χ0v) is 17.6. The lowest BCUT2D eigenvalue weighted by Crippen LogP contribution is -2.44. The number of para-hydroxylation sites is 4. The Morgan fingerprint density at radius 2 is 1.42 bits per heavy atom. The third-order valence-corrected chi connectivity index (χ3v) is 4.65. The van der Waals surface area contributed by atoms with E-state index in [0.717, 1.165) is 11.0 Å². The van der Waals surface area contributed by atoms with E-state index >= 15 is 0 Å². The molecule has 0 bridgehead atoms. The summed E-state index contributed by atoms with van der Waals surface area (Å²) in [6, 6.07) is 14.5. The Labute approximate surface area is 179 Å². The molecule has 2 N–H and O–H groups in total. The second-order valence-electron chi connectivity index (χ2n) is 6.68. The van der Waals surface area contributed by atoms with Crippen LogP contribution in [0, 0.1) is 0 Å². The Hall–Kier alpha value is -3.75. The average Bonchev–Trinajstić information content (AvgIpc) is 3.06. The lowest BCUT2D eigenvalue weighted by Gasteiger charge is -2.12. The van der Waals surface area contributed by atoms with Crippen LogP contribution in [0.2, 0.25) is 0 Å². The number of rotatable bonds is 9. The van der Waals surface area contributed by atoms with Gasteiger partial charge >= 0.3 is 5.69 Å². The quantitative estimate of drug-likeness (QED) is 0.508. The number of nitrogens with zero attached hydrogens (tertiary/aromatic N) is 2. The zero-order chi connectivity index (χ0) is 22.2. The minimum atomic E-state index is -0.514. The molecule has 0 saturated heterocycles. The van der Waals surface area contributed by atoms with E-state index in [2.05, 4.69) is 10.9 Å². The first-order chi connectivity index (χ1) is 15.0. The van der Waals surface area contributed by atoms with E-state index in [4.69, 9.17) is 9.47 Å². The summed E-state index contributed by atoms with van der Waals surface area (Å²) in [6.07, 6.45) is 0.0337. The number of aromatic nitrogens is 2. The number of hydrogen-bond acceptors (Lipinski definition) is 5. The molecule has 2 amide bonds. The Balaban J connectivity index is 1.50. The molecule has 0 atom stereocenters. The van der Waals surface area contributed by atoms with Gasteiger partial charge in [-0.25, -0.2) is 4.79 Å². The van der Waals surface area contributed by atoms with Crippen LogP contribution in [0.4, 0.5) is 0 Å². The van der Waals surface area contributed by atoms with Crippen molar-refractivity contribution in [3.05, 3.63) is 59.0 Å². The lowest BCUT2D eigenvalue weighted by atomic mass is 10.3. The second-order valence-corrected chi connectivity index (χ2v) is 6.68. The van der Waals surface area contributed by atoms with Gasteiger partial charge in [-0.3, -0.25) is 29.6 Å². The molecule has 3 aromatic rings. The maximum absolute atomic E-state index is 12.6. The molecule has 2 aromatic carbocycles. The van der Waals surface area contributed by atoms with E-state index in [1.807, 2.05) is 38.1 Å². The summed E-state index contributed by atoms with van der Waals surface area (Å²) in [5.41, 5.74) is 6.09. The Morgan fingerprint density at radius 3 is 2.06 bits per heavy atom. The third kappa shape index (κ3) is 5.25. The summed E-state index contributed by atoms with van der Waals surface area (Å²) in [6.45, 7) is 4.69. The standard InChI is InChI=1S/C22H26N4O5/c1-3-25-16-9-5-6-10-17(16)26(22(25)29)14-13-20(27)23-24-21(28)15-31-19-12-8-7-11-18(19)30-4-2/h5-12H,3-4,13-15H2,1-2H3,(H,23,27)(H,24,28). The minimum absolute atomic E-state index is 0.0337. The van der Waals surface area contributed by atoms with Crippen molar-refractivity contribution in [1.82, 2.24) is 20.0 Å². The summed E-state index contributed by atoms with van der Waals surface area (Å²) in [4.78, 5) is 36.7. The molecule has 0 unspecified atom stereocenters. The van der Waals surface area contributed by atoms with Crippen LogP contribution in [0.3, 0.4) is 0 Å². The molecular weight excluding hydrogens is 400 g/mol. The van der Waals surface area contributed by atoms with Crippen molar-refractivity contribution in [1.29, 1.82) is 0 Å². The van der Waals surface area contributed by atoms with Gasteiger partial charge in [-0.05, 0) is 38.1 Å². The van der Waals surface area contributed by atoms with E-state index in [1.165, 1.54) is 0 Å². The summed E-state index contributed by atoms with van der Waals surface area (Å²) < 4.78 is 14.1. The van der Waals surface area contributed by atoms with Crippen LogP contribution in [0.5, 0.6) is 11.5 Å². The first kappa shape index (κ1) is 21.9. The smallest absolute Gasteiger partial charge is 0.329 e. The van der Waals surface area contributed by atoms with Crippen LogP contribution in [0.25, 0.3) is 11.0 Å². The summed E-state index contributed by atoms with van der Waals surface area (Å²) in [5, 5.41) is 0. The Morgan fingerprint density at radius 1 is 0.839 bits per heavy atom. The number of ether oxygens (including phenoxy) is 2. The fourth-order valence-corrected chi connectivity index (χ4v) is 3.23. The van der Waals surface area contributed by atoms with Crippen LogP contribution in [0.15, 0.2) is 53.3 Å². The van der Waals surface area contributed by atoms with Crippen LogP contribution in [0.1, 0.15) is 20.3 Å². The normalized spacial score (nSPS) is 10.6. The maximum atomic E-state index is 12.6. The van der Waals surface area contributed by atoms with Crippen molar-refractivity contribution in [3.63, 3.8) is 0 Å². The predicted molar refractivity (Wildman–Crippen MR) is 116 cm³/mol. The SMILES string of the molecule is CCOc1ccccc1OCC(=O)NNC(=O)CCn1c(=O)n(CC)c2ccccc21. The van der Waals surface area contributed by atoms with Crippen LogP contribution < -0.4 is 26.0 Å². The van der Waals surface area contributed by atoms with E-state index in [-0.39, 0.29) is 25.3 Å². The van der Waals surface area contributed by atoms with Gasteiger partial charge in [0.2, 0.25) is 5.91 Å². The number of hydrogen-bond donors (Lipinski definition) is 2.